The van der Waals surface area contributed by atoms with Gasteiger partial charge in [-0.2, -0.15) is 0 Å². The van der Waals surface area contributed by atoms with E-state index < -0.39 is 36.0 Å². The van der Waals surface area contributed by atoms with Gasteiger partial charge >= 0.3 is 12.1 Å². The fourth-order valence-electron chi connectivity index (χ4n) is 2.48. The molecule has 2 rings (SSSR count). The molecule has 0 fully saturated rings. The lowest BCUT2D eigenvalue weighted by molar-refractivity contribution is -0.148. The van der Waals surface area contributed by atoms with Crippen LogP contribution >= 0.6 is 0 Å². The zero-order valence-electron chi connectivity index (χ0n) is 17.3. The number of anilines is 1. The van der Waals surface area contributed by atoms with Crippen molar-refractivity contribution < 1.29 is 23.9 Å². The molecule has 8 nitrogen and oxygen atoms in total. The normalized spacial score (nSPS) is 11.9. The van der Waals surface area contributed by atoms with Gasteiger partial charge in [0.15, 0.2) is 0 Å². The van der Waals surface area contributed by atoms with Crippen LogP contribution in [0.5, 0.6) is 0 Å². The molecule has 0 aliphatic heterocycles. The second-order valence-corrected chi connectivity index (χ2v) is 7.60. The van der Waals surface area contributed by atoms with Gasteiger partial charge in [-0.3, -0.25) is 4.79 Å². The highest BCUT2D eigenvalue weighted by atomic mass is 16.6. The summed E-state index contributed by atoms with van der Waals surface area (Å²) in [5.74, 6) is 4.54. The highest BCUT2D eigenvalue weighted by molar-refractivity contribution is 5.96. The van der Waals surface area contributed by atoms with E-state index in [1.54, 1.807) is 63.2 Å². The zero-order chi connectivity index (χ0) is 22.1. The lowest BCUT2D eigenvalue weighted by Crippen LogP contribution is -2.48. The molecular formula is C22H27N3O5. The number of hydrazine groups is 1. The van der Waals surface area contributed by atoms with E-state index in [9.17, 15) is 14.4 Å². The van der Waals surface area contributed by atoms with Crippen molar-refractivity contribution in [2.24, 2.45) is 5.84 Å². The van der Waals surface area contributed by atoms with Crippen molar-refractivity contribution in [2.45, 2.75) is 45.4 Å². The summed E-state index contributed by atoms with van der Waals surface area (Å²) in [5.41, 5.74) is 0.463. The molecule has 0 aliphatic rings. The maximum Gasteiger partial charge on any atom is 0.408 e. The molecule has 0 aromatic heterocycles. The summed E-state index contributed by atoms with van der Waals surface area (Å²) >= 11 is 0. The van der Waals surface area contributed by atoms with Gasteiger partial charge in [-0.15, -0.1) is 0 Å². The van der Waals surface area contributed by atoms with E-state index in [0.29, 0.717) is 5.69 Å². The fraction of sp³-hybridized carbons (Fsp3) is 0.318. The molecule has 160 valence electrons. The van der Waals surface area contributed by atoms with Gasteiger partial charge in [-0.05, 0) is 38.5 Å². The van der Waals surface area contributed by atoms with E-state index in [-0.39, 0.29) is 6.61 Å². The number of para-hydroxylation sites is 1. The SMILES string of the molecule is CC(C)(C)OC(=O)NC(CC(=O)N(N)c1ccccc1)C(=O)OCc1ccccc1. The molecule has 0 saturated carbocycles. The van der Waals surface area contributed by atoms with Crippen LogP contribution in [0.2, 0.25) is 0 Å². The van der Waals surface area contributed by atoms with Gasteiger partial charge in [0.25, 0.3) is 0 Å². The van der Waals surface area contributed by atoms with Gasteiger partial charge in [-0.25, -0.2) is 20.4 Å². The first kappa shape index (κ1) is 22.9. The Hall–Kier alpha value is -3.39. The lowest BCUT2D eigenvalue weighted by Gasteiger charge is -2.24. The van der Waals surface area contributed by atoms with Crippen LogP contribution in [-0.2, 0) is 25.7 Å². The Bertz CT molecular complexity index is 850. The molecule has 0 aliphatic carbocycles. The van der Waals surface area contributed by atoms with Gasteiger partial charge in [0.2, 0.25) is 5.91 Å². The molecule has 1 atom stereocenters. The molecule has 0 radical (unpaired) electrons. The molecule has 2 amide bonds. The topological polar surface area (TPSA) is 111 Å². The second-order valence-electron chi connectivity index (χ2n) is 7.60. The Balaban J connectivity index is 2.08. The predicted octanol–water partition coefficient (Wildman–Crippen LogP) is 2.92. The summed E-state index contributed by atoms with van der Waals surface area (Å²) in [6, 6.07) is 16.4. The number of nitrogens with one attached hydrogen (secondary N) is 1. The van der Waals surface area contributed by atoms with E-state index in [1.807, 2.05) is 18.2 Å². The fourth-order valence-corrected chi connectivity index (χ4v) is 2.48. The van der Waals surface area contributed by atoms with Crippen LogP contribution in [0.4, 0.5) is 10.5 Å². The van der Waals surface area contributed by atoms with Crippen LogP contribution in [0, 0.1) is 0 Å². The van der Waals surface area contributed by atoms with E-state index >= 15 is 0 Å². The van der Waals surface area contributed by atoms with E-state index in [4.69, 9.17) is 15.3 Å². The summed E-state index contributed by atoms with van der Waals surface area (Å²) in [7, 11) is 0. The van der Waals surface area contributed by atoms with Crippen LogP contribution < -0.4 is 16.2 Å². The highest BCUT2D eigenvalue weighted by Gasteiger charge is 2.29. The summed E-state index contributed by atoms with van der Waals surface area (Å²) in [6.07, 6.45) is -1.22. The van der Waals surface area contributed by atoms with Crippen molar-refractivity contribution in [3.63, 3.8) is 0 Å². The zero-order valence-corrected chi connectivity index (χ0v) is 17.3. The number of nitrogens with zero attached hydrogens (tertiary/aromatic N) is 1. The number of nitrogens with two attached hydrogens (primary N) is 1. The minimum atomic E-state index is -1.26. The van der Waals surface area contributed by atoms with Crippen LogP contribution in [-0.4, -0.2) is 29.6 Å². The standard InChI is InChI=1S/C22H27N3O5/c1-22(2,3)30-21(28)24-18(20(27)29-15-16-10-6-4-7-11-16)14-19(26)25(23)17-12-8-5-9-13-17/h4-13,18H,14-15,23H2,1-3H3,(H,24,28). The first-order chi connectivity index (χ1) is 14.2. The Morgan fingerprint density at radius 3 is 2.13 bits per heavy atom. The number of carbonyl (C=O) groups excluding carboxylic acids is 3. The maximum atomic E-state index is 12.6. The van der Waals surface area contributed by atoms with E-state index in [2.05, 4.69) is 5.32 Å². The number of hydrogen-bond donors (Lipinski definition) is 2. The maximum absolute atomic E-state index is 12.6. The average molecular weight is 413 g/mol. The summed E-state index contributed by atoms with van der Waals surface area (Å²) < 4.78 is 10.5. The van der Waals surface area contributed by atoms with E-state index in [1.165, 1.54) is 0 Å². The number of carbonyl (C=O) groups is 3. The quantitative estimate of drug-likeness (QED) is 0.312. The third kappa shape index (κ3) is 7.56. The largest absolute Gasteiger partial charge is 0.459 e. The summed E-state index contributed by atoms with van der Waals surface area (Å²) in [6.45, 7) is 5.08. The monoisotopic (exact) mass is 413 g/mol. The second kappa shape index (κ2) is 10.4. The molecular weight excluding hydrogens is 386 g/mol. The first-order valence-corrected chi connectivity index (χ1v) is 9.48. The number of hydrogen-bond acceptors (Lipinski definition) is 6. The van der Waals surface area contributed by atoms with Crippen molar-refractivity contribution in [3.05, 3.63) is 66.2 Å². The van der Waals surface area contributed by atoms with Gasteiger partial charge in [0.05, 0.1) is 12.1 Å². The number of amides is 2. The number of rotatable bonds is 7. The van der Waals surface area contributed by atoms with Crippen molar-refractivity contribution in [2.75, 3.05) is 5.01 Å². The Labute approximate surface area is 175 Å². The summed E-state index contributed by atoms with van der Waals surface area (Å²) in [4.78, 5) is 37.4. The molecule has 1 unspecified atom stereocenters. The molecule has 0 heterocycles. The molecule has 0 spiro atoms. The average Bonchev–Trinajstić information content (AvgIpc) is 2.71. The summed E-state index contributed by atoms with van der Waals surface area (Å²) in [5, 5.41) is 3.33. The number of esters is 1. The molecule has 3 N–H and O–H groups in total. The Morgan fingerprint density at radius 2 is 1.57 bits per heavy atom. The van der Waals surface area contributed by atoms with Crippen LogP contribution in [0.25, 0.3) is 0 Å². The highest BCUT2D eigenvalue weighted by Crippen LogP contribution is 2.13. The van der Waals surface area contributed by atoms with Crippen molar-refractivity contribution >= 4 is 23.7 Å². The first-order valence-electron chi connectivity index (χ1n) is 9.48. The molecule has 0 saturated heterocycles. The van der Waals surface area contributed by atoms with Crippen molar-refractivity contribution in [1.29, 1.82) is 0 Å². The molecule has 0 bridgehead atoms. The van der Waals surface area contributed by atoms with Crippen LogP contribution in [0.15, 0.2) is 60.7 Å². The smallest absolute Gasteiger partial charge is 0.408 e. The van der Waals surface area contributed by atoms with Crippen LogP contribution in [0.3, 0.4) is 0 Å². The van der Waals surface area contributed by atoms with Gasteiger partial charge in [0.1, 0.15) is 18.2 Å². The third-order valence-corrected chi connectivity index (χ3v) is 3.88. The number of alkyl carbamates (subject to hydrolysis) is 1. The van der Waals surface area contributed by atoms with Gasteiger partial charge in [0, 0.05) is 0 Å². The van der Waals surface area contributed by atoms with E-state index in [0.717, 1.165) is 10.6 Å². The van der Waals surface area contributed by atoms with Crippen molar-refractivity contribution in [3.8, 4) is 0 Å². The number of benzene rings is 2. The Kier molecular flexibility index (Phi) is 7.94. The third-order valence-electron chi connectivity index (χ3n) is 3.88. The number of ether oxygens (including phenoxy) is 2. The minimum absolute atomic E-state index is 0.00534. The molecule has 8 heteroatoms. The molecule has 2 aromatic carbocycles. The van der Waals surface area contributed by atoms with Gasteiger partial charge < -0.3 is 14.8 Å². The minimum Gasteiger partial charge on any atom is -0.459 e. The lowest BCUT2D eigenvalue weighted by atomic mass is 10.1. The Morgan fingerprint density at radius 1 is 1.00 bits per heavy atom. The molecule has 2 aromatic rings. The van der Waals surface area contributed by atoms with Gasteiger partial charge in [-0.1, -0.05) is 48.5 Å². The predicted molar refractivity (Wildman–Crippen MR) is 112 cm³/mol. The molecule has 30 heavy (non-hydrogen) atoms. The van der Waals surface area contributed by atoms with Crippen molar-refractivity contribution in [1.82, 2.24) is 5.32 Å². The van der Waals surface area contributed by atoms with Crippen LogP contribution in [0.1, 0.15) is 32.8 Å².